The first-order valence-corrected chi connectivity index (χ1v) is 12.4. The van der Waals surface area contributed by atoms with Crippen LogP contribution in [0.5, 0.6) is 5.75 Å². The third-order valence-corrected chi connectivity index (χ3v) is 8.00. The summed E-state index contributed by atoms with van der Waals surface area (Å²) in [6.45, 7) is 0. The van der Waals surface area contributed by atoms with Crippen LogP contribution in [0.2, 0.25) is 0 Å². The molecular formula is C26H29N3O10. The molecule has 3 aliphatic carbocycles. The second-order valence-electron chi connectivity index (χ2n) is 10.6. The van der Waals surface area contributed by atoms with Crippen LogP contribution in [-0.2, 0) is 35.2 Å². The molecular weight excluding hydrogens is 514 g/mol. The van der Waals surface area contributed by atoms with Gasteiger partial charge in [0.25, 0.3) is 0 Å². The number of phenolic OH excluding ortho intramolecular Hbond substituents is 1. The summed E-state index contributed by atoms with van der Waals surface area (Å²) >= 11 is 0. The normalized spacial score (nSPS) is 29.9. The minimum absolute atomic E-state index is 0.0561. The molecule has 6 unspecified atom stereocenters. The number of fused-ring (bicyclic) bond motifs is 3. The number of ketones is 4. The number of hydrogen-bond donors (Lipinski definition) is 5. The summed E-state index contributed by atoms with van der Waals surface area (Å²) in [5.74, 6) is -13.3. The van der Waals surface area contributed by atoms with Crippen LogP contribution < -0.4 is 11.1 Å². The quantitative estimate of drug-likeness (QED) is 0.208. The fourth-order valence-electron chi connectivity index (χ4n) is 6.29. The number of hydrogen-bond acceptors (Lipinski definition) is 10. The summed E-state index contributed by atoms with van der Waals surface area (Å²) in [6, 6.07) is 1.70. The molecule has 0 heterocycles. The highest BCUT2D eigenvalue weighted by atomic mass is 16.4. The number of benzene rings is 1. The number of Topliss-reactive ketones (excluding diaryl/α,β-unsaturated/α-hetero) is 4. The molecule has 2 fully saturated rings. The van der Waals surface area contributed by atoms with E-state index in [1.807, 2.05) is 0 Å². The number of nitrogens with one attached hydrogen (secondary N) is 1. The molecule has 2 saturated carbocycles. The lowest BCUT2D eigenvalue weighted by atomic mass is 9.52. The molecule has 3 aliphatic rings. The average Bonchev–Trinajstić information content (AvgIpc) is 2.82. The van der Waals surface area contributed by atoms with Gasteiger partial charge in [-0.2, -0.15) is 0 Å². The van der Waals surface area contributed by atoms with Gasteiger partial charge in [0.2, 0.25) is 11.8 Å². The largest absolute Gasteiger partial charge is 0.505 e. The Bertz CT molecular complexity index is 1320. The van der Waals surface area contributed by atoms with E-state index < -0.39 is 82.0 Å². The zero-order valence-electron chi connectivity index (χ0n) is 21.3. The maximum absolute atomic E-state index is 13.8. The van der Waals surface area contributed by atoms with Gasteiger partial charge in [0.1, 0.15) is 5.75 Å². The van der Waals surface area contributed by atoms with E-state index in [4.69, 9.17) is 10.8 Å². The fraction of sp³-hybridized carbons (Fsp3) is 0.500. The molecule has 208 valence electrons. The van der Waals surface area contributed by atoms with E-state index in [1.165, 1.54) is 31.1 Å². The number of aliphatic carboxylic acids is 1. The van der Waals surface area contributed by atoms with Crippen molar-refractivity contribution in [1.29, 1.82) is 0 Å². The Morgan fingerprint density at radius 2 is 1.77 bits per heavy atom. The number of carbonyl (C=O) groups is 7. The first kappa shape index (κ1) is 28.0. The second kappa shape index (κ2) is 9.97. The number of rotatable bonds is 7. The number of carboxylic acids is 1. The van der Waals surface area contributed by atoms with Gasteiger partial charge in [-0.05, 0) is 50.9 Å². The number of primary amides is 1. The first-order valence-electron chi connectivity index (χ1n) is 12.4. The maximum Gasteiger partial charge on any atom is 0.303 e. The highest BCUT2D eigenvalue weighted by molar-refractivity contribution is 6.32. The van der Waals surface area contributed by atoms with Crippen LogP contribution in [0.4, 0.5) is 5.69 Å². The SMILES string of the molecule is CN(C)C1C(=O)C(C(N)=O)C(=O)C2(O)C(=O)C3C(=O)c4c(ccc(NC(=O)CCCC(=O)O)c4O)CC3CC12. The summed E-state index contributed by atoms with van der Waals surface area (Å²) in [7, 11) is 3.01. The number of amides is 2. The zero-order valence-corrected chi connectivity index (χ0v) is 21.3. The number of likely N-dealkylation sites (N-methyl/N-ethyl adjacent to an activating group) is 1. The van der Waals surface area contributed by atoms with Crippen molar-refractivity contribution in [2.75, 3.05) is 19.4 Å². The number of carbonyl (C=O) groups excluding carboxylic acids is 6. The lowest BCUT2D eigenvalue weighted by Crippen LogP contribution is -2.74. The molecule has 0 radical (unpaired) electrons. The van der Waals surface area contributed by atoms with E-state index in [-0.39, 0.29) is 43.4 Å². The van der Waals surface area contributed by atoms with Gasteiger partial charge >= 0.3 is 5.97 Å². The van der Waals surface area contributed by atoms with Crippen LogP contribution in [0.3, 0.4) is 0 Å². The summed E-state index contributed by atoms with van der Waals surface area (Å²) < 4.78 is 0. The Kier molecular flexibility index (Phi) is 7.17. The number of aromatic hydroxyl groups is 1. The second-order valence-corrected chi connectivity index (χ2v) is 10.6. The fourth-order valence-corrected chi connectivity index (χ4v) is 6.29. The number of aliphatic hydroxyl groups is 1. The van der Waals surface area contributed by atoms with Gasteiger partial charge in [-0.15, -0.1) is 0 Å². The summed E-state index contributed by atoms with van der Waals surface area (Å²) in [4.78, 5) is 90.0. The van der Waals surface area contributed by atoms with Crippen molar-refractivity contribution >= 4 is 46.6 Å². The molecule has 6 N–H and O–H groups in total. The van der Waals surface area contributed by atoms with Crippen LogP contribution in [0, 0.1) is 23.7 Å². The van der Waals surface area contributed by atoms with Gasteiger partial charge in [0, 0.05) is 18.8 Å². The minimum Gasteiger partial charge on any atom is -0.505 e. The van der Waals surface area contributed by atoms with E-state index in [0.717, 1.165) is 0 Å². The molecule has 0 aliphatic heterocycles. The van der Waals surface area contributed by atoms with Gasteiger partial charge in [0.05, 0.1) is 23.2 Å². The maximum atomic E-state index is 13.8. The van der Waals surface area contributed by atoms with Crippen LogP contribution in [0.15, 0.2) is 12.1 Å². The summed E-state index contributed by atoms with van der Waals surface area (Å²) in [6.07, 6.45) is -0.282. The predicted molar refractivity (Wildman–Crippen MR) is 131 cm³/mol. The third kappa shape index (κ3) is 4.40. The van der Waals surface area contributed by atoms with E-state index in [1.54, 1.807) is 0 Å². The number of anilines is 1. The first-order chi connectivity index (χ1) is 18.2. The van der Waals surface area contributed by atoms with E-state index in [9.17, 15) is 43.8 Å². The van der Waals surface area contributed by atoms with Crippen LogP contribution in [0.25, 0.3) is 0 Å². The van der Waals surface area contributed by atoms with Gasteiger partial charge < -0.3 is 26.4 Å². The Morgan fingerprint density at radius 3 is 2.36 bits per heavy atom. The van der Waals surface area contributed by atoms with E-state index in [0.29, 0.717) is 5.56 Å². The lowest BCUT2D eigenvalue weighted by Gasteiger charge is -2.52. The van der Waals surface area contributed by atoms with Crippen molar-refractivity contribution in [1.82, 2.24) is 4.90 Å². The number of nitrogens with two attached hydrogens (primary N) is 1. The standard InChI is InChI=1S/C26H29N3O10/c1-29(2)19-12-9-11-8-10-6-7-13(28-14(30)4-3-5-15(31)32)20(33)16(10)21(34)17(11)23(36)26(12,39)24(37)18(22(19)35)25(27)38/h6-7,11-12,17-19,33,39H,3-5,8-9H2,1-2H3,(H2,27,38)(H,28,30)(H,31,32). The van der Waals surface area contributed by atoms with Gasteiger partial charge in [-0.25, -0.2) is 0 Å². The molecule has 1 aromatic rings. The van der Waals surface area contributed by atoms with Crippen molar-refractivity contribution in [3.05, 3.63) is 23.3 Å². The van der Waals surface area contributed by atoms with Crippen molar-refractivity contribution in [2.24, 2.45) is 29.4 Å². The Morgan fingerprint density at radius 1 is 1.10 bits per heavy atom. The topological polar surface area (TPSA) is 221 Å². The molecule has 0 spiro atoms. The number of nitrogens with zero attached hydrogens (tertiary/aromatic N) is 1. The molecule has 0 aromatic heterocycles. The average molecular weight is 544 g/mol. The molecule has 2 amide bonds. The molecule has 0 saturated heterocycles. The van der Waals surface area contributed by atoms with Crippen molar-refractivity contribution < 1.29 is 48.9 Å². The molecule has 1 aromatic carbocycles. The summed E-state index contributed by atoms with van der Waals surface area (Å²) in [5.41, 5.74) is 2.49. The van der Waals surface area contributed by atoms with E-state index >= 15 is 0 Å². The predicted octanol–water partition coefficient (Wildman–Crippen LogP) is -0.940. The lowest BCUT2D eigenvalue weighted by molar-refractivity contribution is -0.181. The zero-order chi connectivity index (χ0) is 29.0. The smallest absolute Gasteiger partial charge is 0.303 e. The molecule has 13 heteroatoms. The van der Waals surface area contributed by atoms with Crippen LogP contribution >= 0.6 is 0 Å². The summed E-state index contributed by atoms with van der Waals surface area (Å²) in [5, 5.41) is 33.6. The molecule has 0 bridgehead atoms. The highest BCUT2D eigenvalue weighted by Crippen LogP contribution is 2.51. The molecule has 4 rings (SSSR count). The van der Waals surface area contributed by atoms with Gasteiger partial charge in [-0.3, -0.25) is 38.5 Å². The number of phenols is 1. The Hall–Kier alpha value is -3.97. The van der Waals surface area contributed by atoms with Crippen molar-refractivity contribution in [2.45, 2.75) is 43.7 Å². The molecule has 6 atom stereocenters. The minimum atomic E-state index is -2.82. The Labute approximate surface area is 222 Å². The molecule has 39 heavy (non-hydrogen) atoms. The molecule has 13 nitrogen and oxygen atoms in total. The van der Waals surface area contributed by atoms with Gasteiger partial charge in [0.15, 0.2) is 34.7 Å². The number of carboxylic acid groups (broad SMARTS) is 1. The third-order valence-electron chi connectivity index (χ3n) is 8.00. The van der Waals surface area contributed by atoms with Crippen LogP contribution in [0.1, 0.15) is 41.6 Å². The van der Waals surface area contributed by atoms with Crippen molar-refractivity contribution in [3.63, 3.8) is 0 Å². The van der Waals surface area contributed by atoms with E-state index in [2.05, 4.69) is 5.32 Å². The van der Waals surface area contributed by atoms with Gasteiger partial charge in [-0.1, -0.05) is 6.07 Å². The van der Waals surface area contributed by atoms with Crippen molar-refractivity contribution in [3.8, 4) is 5.75 Å². The Balaban J connectivity index is 1.70. The highest BCUT2D eigenvalue weighted by Gasteiger charge is 2.69. The van der Waals surface area contributed by atoms with Crippen LogP contribution in [-0.4, -0.2) is 86.9 Å². The monoisotopic (exact) mass is 543 g/mol.